The van der Waals surface area contributed by atoms with Crippen molar-refractivity contribution in [2.24, 2.45) is 5.73 Å². The Morgan fingerprint density at radius 1 is 1.21 bits per heavy atom. The molecule has 3 amide bonds. The average Bonchev–Trinajstić information content (AvgIpc) is 2.27. The lowest BCUT2D eigenvalue weighted by Crippen LogP contribution is -2.40. The summed E-state index contributed by atoms with van der Waals surface area (Å²) in [7, 11) is -3.20. The van der Waals surface area contributed by atoms with Crippen molar-refractivity contribution in [3.63, 3.8) is 0 Å². The molecule has 0 saturated heterocycles. The van der Waals surface area contributed by atoms with Crippen molar-refractivity contribution in [2.45, 2.75) is 11.4 Å². The Kier molecular flexibility index (Phi) is 5.02. The number of carbonyl (C=O) groups is 2. The first-order chi connectivity index (χ1) is 8.79. The Morgan fingerprint density at radius 3 is 2.26 bits per heavy atom. The van der Waals surface area contributed by atoms with Gasteiger partial charge in [0.05, 0.1) is 11.4 Å². The quantitative estimate of drug-likeness (QED) is 0.666. The van der Waals surface area contributed by atoms with E-state index in [-0.39, 0.29) is 11.4 Å². The number of imide groups is 1. The standard InChI is InChI=1S/C11H15N3O4S/c1-19(17,18)9-4-2-8(3-5-9)6-13-7-10(15)14-11(12)16/h2-5,13H,6-7H2,1H3,(H3,12,14,15,16). The number of nitrogens with two attached hydrogens (primary N) is 1. The minimum absolute atomic E-state index is 0.0588. The van der Waals surface area contributed by atoms with Crippen molar-refractivity contribution in [2.75, 3.05) is 12.8 Å². The SMILES string of the molecule is CS(=O)(=O)c1ccc(CNCC(=O)NC(N)=O)cc1. The van der Waals surface area contributed by atoms with Crippen LogP contribution in [0.1, 0.15) is 5.56 Å². The van der Waals surface area contributed by atoms with Crippen molar-refractivity contribution >= 4 is 21.8 Å². The van der Waals surface area contributed by atoms with E-state index in [0.29, 0.717) is 6.54 Å². The molecule has 8 heteroatoms. The van der Waals surface area contributed by atoms with Gasteiger partial charge in [-0.05, 0) is 17.7 Å². The molecule has 0 radical (unpaired) electrons. The molecule has 0 fully saturated rings. The van der Waals surface area contributed by atoms with E-state index < -0.39 is 21.8 Å². The molecule has 0 atom stereocenters. The second-order valence-corrected chi connectivity index (χ2v) is 5.95. The summed E-state index contributed by atoms with van der Waals surface area (Å²) in [4.78, 5) is 21.7. The number of hydrogen-bond donors (Lipinski definition) is 3. The van der Waals surface area contributed by atoms with Crippen molar-refractivity contribution in [3.05, 3.63) is 29.8 Å². The summed E-state index contributed by atoms with van der Waals surface area (Å²) in [6.45, 7) is 0.312. The molecule has 1 rings (SSSR count). The fraction of sp³-hybridized carbons (Fsp3) is 0.273. The molecule has 0 saturated carbocycles. The predicted octanol–water partition coefficient (Wildman–Crippen LogP) is -0.625. The Morgan fingerprint density at radius 2 is 1.79 bits per heavy atom. The molecule has 1 aromatic carbocycles. The second kappa shape index (κ2) is 6.30. The Labute approximate surface area is 111 Å². The molecule has 0 aromatic heterocycles. The molecule has 0 unspecified atom stereocenters. The highest BCUT2D eigenvalue weighted by atomic mass is 32.2. The summed E-state index contributed by atoms with van der Waals surface area (Å²) in [6, 6.07) is 5.39. The van der Waals surface area contributed by atoms with Gasteiger partial charge in [0.1, 0.15) is 0 Å². The number of rotatable bonds is 5. The molecule has 4 N–H and O–H groups in total. The number of nitrogens with one attached hydrogen (secondary N) is 2. The highest BCUT2D eigenvalue weighted by Gasteiger charge is 2.06. The molecule has 0 heterocycles. The number of carbonyl (C=O) groups excluding carboxylic acids is 2. The van der Waals surface area contributed by atoms with E-state index in [1.807, 2.05) is 5.32 Å². The van der Waals surface area contributed by atoms with Crippen LogP contribution in [0.4, 0.5) is 4.79 Å². The van der Waals surface area contributed by atoms with Gasteiger partial charge >= 0.3 is 6.03 Å². The highest BCUT2D eigenvalue weighted by Crippen LogP contribution is 2.09. The maximum atomic E-state index is 11.2. The zero-order valence-corrected chi connectivity index (χ0v) is 11.2. The van der Waals surface area contributed by atoms with Gasteiger partial charge < -0.3 is 11.1 Å². The molecule has 7 nitrogen and oxygen atoms in total. The topological polar surface area (TPSA) is 118 Å². The number of amides is 3. The second-order valence-electron chi connectivity index (χ2n) is 3.93. The van der Waals surface area contributed by atoms with Crippen LogP contribution < -0.4 is 16.4 Å². The lowest BCUT2D eigenvalue weighted by molar-refractivity contribution is -0.119. The van der Waals surface area contributed by atoms with Crippen LogP contribution in [0.2, 0.25) is 0 Å². The van der Waals surface area contributed by atoms with Gasteiger partial charge in [-0.1, -0.05) is 12.1 Å². The molecule has 104 valence electrons. The van der Waals surface area contributed by atoms with Crippen LogP contribution in [0, 0.1) is 0 Å². The minimum atomic E-state index is -3.20. The third-order valence-corrected chi connectivity index (χ3v) is 3.36. The van der Waals surface area contributed by atoms with E-state index in [1.54, 1.807) is 12.1 Å². The fourth-order valence-corrected chi connectivity index (χ4v) is 1.99. The van der Waals surface area contributed by atoms with E-state index in [9.17, 15) is 18.0 Å². The summed E-state index contributed by atoms with van der Waals surface area (Å²) in [6.07, 6.45) is 1.13. The fourth-order valence-electron chi connectivity index (χ4n) is 1.36. The van der Waals surface area contributed by atoms with Crippen LogP contribution in [-0.2, 0) is 21.2 Å². The number of benzene rings is 1. The first kappa shape index (κ1) is 15.1. The molecule has 19 heavy (non-hydrogen) atoms. The van der Waals surface area contributed by atoms with Crippen LogP contribution in [0.5, 0.6) is 0 Å². The normalized spacial score (nSPS) is 11.0. The molecule has 0 spiro atoms. The lowest BCUT2D eigenvalue weighted by Gasteiger charge is -2.05. The Balaban J connectivity index is 2.47. The van der Waals surface area contributed by atoms with Crippen LogP contribution in [0.15, 0.2) is 29.2 Å². The molecule has 0 aliphatic carbocycles. The van der Waals surface area contributed by atoms with Crippen molar-refractivity contribution in [1.82, 2.24) is 10.6 Å². The van der Waals surface area contributed by atoms with E-state index in [4.69, 9.17) is 5.73 Å². The first-order valence-corrected chi connectivity index (χ1v) is 7.27. The van der Waals surface area contributed by atoms with E-state index >= 15 is 0 Å². The van der Waals surface area contributed by atoms with Crippen LogP contribution in [-0.4, -0.2) is 33.2 Å². The zero-order chi connectivity index (χ0) is 14.5. The average molecular weight is 285 g/mol. The molecular formula is C11H15N3O4S. The smallest absolute Gasteiger partial charge is 0.318 e. The summed E-state index contributed by atoms with van der Waals surface area (Å²) >= 11 is 0. The van der Waals surface area contributed by atoms with E-state index in [0.717, 1.165) is 11.8 Å². The minimum Gasteiger partial charge on any atom is -0.351 e. The third-order valence-electron chi connectivity index (χ3n) is 2.23. The van der Waals surface area contributed by atoms with Gasteiger partial charge in [0.15, 0.2) is 9.84 Å². The van der Waals surface area contributed by atoms with Gasteiger partial charge in [0.25, 0.3) is 0 Å². The van der Waals surface area contributed by atoms with Crippen molar-refractivity contribution in [3.8, 4) is 0 Å². The van der Waals surface area contributed by atoms with Crippen molar-refractivity contribution < 1.29 is 18.0 Å². The van der Waals surface area contributed by atoms with Crippen LogP contribution in [0.25, 0.3) is 0 Å². The van der Waals surface area contributed by atoms with Gasteiger partial charge in [0.2, 0.25) is 5.91 Å². The van der Waals surface area contributed by atoms with Crippen molar-refractivity contribution in [1.29, 1.82) is 0 Å². The number of urea groups is 1. The molecule has 0 bridgehead atoms. The number of sulfone groups is 1. The van der Waals surface area contributed by atoms with Gasteiger partial charge in [-0.3, -0.25) is 10.1 Å². The van der Waals surface area contributed by atoms with Gasteiger partial charge in [-0.15, -0.1) is 0 Å². The largest absolute Gasteiger partial charge is 0.351 e. The Hall–Kier alpha value is -1.93. The Bertz CT molecular complexity index is 566. The molecule has 0 aliphatic rings. The van der Waals surface area contributed by atoms with Crippen LogP contribution >= 0.6 is 0 Å². The maximum Gasteiger partial charge on any atom is 0.318 e. The van der Waals surface area contributed by atoms with E-state index in [1.165, 1.54) is 12.1 Å². The molecular weight excluding hydrogens is 270 g/mol. The van der Waals surface area contributed by atoms with Crippen LogP contribution in [0.3, 0.4) is 0 Å². The monoisotopic (exact) mass is 285 g/mol. The third kappa shape index (κ3) is 5.49. The summed E-state index contributed by atoms with van der Waals surface area (Å²) in [5, 5.41) is 4.71. The molecule has 0 aliphatic heterocycles. The molecule has 1 aromatic rings. The summed E-state index contributed by atoms with van der Waals surface area (Å²) in [5.41, 5.74) is 5.60. The summed E-state index contributed by atoms with van der Waals surface area (Å²) < 4.78 is 22.5. The van der Waals surface area contributed by atoms with Gasteiger partial charge in [-0.2, -0.15) is 0 Å². The summed E-state index contributed by atoms with van der Waals surface area (Å²) in [5.74, 6) is -0.528. The van der Waals surface area contributed by atoms with E-state index in [2.05, 4.69) is 5.32 Å². The van der Waals surface area contributed by atoms with Gasteiger partial charge in [-0.25, -0.2) is 13.2 Å². The maximum absolute atomic E-state index is 11.2. The predicted molar refractivity (Wildman–Crippen MR) is 69.0 cm³/mol. The highest BCUT2D eigenvalue weighted by molar-refractivity contribution is 7.90. The number of hydrogen-bond acceptors (Lipinski definition) is 5. The first-order valence-electron chi connectivity index (χ1n) is 5.38. The van der Waals surface area contributed by atoms with Gasteiger partial charge in [0, 0.05) is 12.8 Å². The number of primary amides is 1. The zero-order valence-electron chi connectivity index (χ0n) is 10.3. The lowest BCUT2D eigenvalue weighted by atomic mass is 10.2.